The lowest BCUT2D eigenvalue weighted by Gasteiger charge is -2.11. The van der Waals surface area contributed by atoms with E-state index in [1.165, 1.54) is 11.8 Å². The third-order valence-corrected chi connectivity index (χ3v) is 3.94. The van der Waals surface area contributed by atoms with E-state index in [2.05, 4.69) is 5.32 Å². The molecule has 1 amide bonds. The molecule has 0 saturated carbocycles. The van der Waals surface area contributed by atoms with E-state index < -0.39 is 0 Å². The summed E-state index contributed by atoms with van der Waals surface area (Å²) in [6.45, 7) is 2.00. The Balaban J connectivity index is 2.19. The molecule has 0 bridgehead atoms. The molecule has 0 saturated heterocycles. The predicted octanol–water partition coefficient (Wildman–Crippen LogP) is 1.73. The molecular formula is C10H15NO2S2. The van der Waals surface area contributed by atoms with Crippen LogP contribution in [0.5, 0.6) is 0 Å². The highest BCUT2D eigenvalue weighted by Gasteiger charge is 2.07. The highest BCUT2D eigenvalue weighted by atomic mass is 32.2. The Kier molecular flexibility index (Phi) is 5.75. The monoisotopic (exact) mass is 245 g/mol. The fourth-order valence-corrected chi connectivity index (χ4v) is 2.66. The van der Waals surface area contributed by atoms with Crippen molar-refractivity contribution < 1.29 is 9.90 Å². The molecule has 15 heavy (non-hydrogen) atoms. The maximum absolute atomic E-state index is 11.4. The lowest BCUT2D eigenvalue weighted by molar-refractivity contribution is -0.119. The first kappa shape index (κ1) is 12.5. The van der Waals surface area contributed by atoms with E-state index in [0.717, 1.165) is 4.21 Å². The molecule has 1 aromatic heterocycles. The molecule has 0 radical (unpaired) electrons. The van der Waals surface area contributed by atoms with Crippen LogP contribution in [0.4, 0.5) is 0 Å². The minimum Gasteiger partial charge on any atom is -0.396 e. The largest absolute Gasteiger partial charge is 0.396 e. The van der Waals surface area contributed by atoms with Crippen LogP contribution in [0.3, 0.4) is 0 Å². The van der Waals surface area contributed by atoms with Crippen LogP contribution in [0.15, 0.2) is 21.7 Å². The molecule has 0 aliphatic carbocycles. The van der Waals surface area contributed by atoms with Crippen molar-refractivity contribution in [1.29, 1.82) is 0 Å². The van der Waals surface area contributed by atoms with Gasteiger partial charge in [-0.15, -0.1) is 23.1 Å². The second kappa shape index (κ2) is 6.87. The third kappa shape index (κ3) is 5.20. The summed E-state index contributed by atoms with van der Waals surface area (Å²) in [5.74, 6) is 0.463. The van der Waals surface area contributed by atoms with Crippen LogP contribution < -0.4 is 5.32 Å². The molecular weight excluding hydrogens is 230 g/mol. The van der Waals surface area contributed by atoms with Crippen molar-refractivity contribution in [3.05, 3.63) is 17.5 Å². The van der Waals surface area contributed by atoms with Crippen molar-refractivity contribution in [3.63, 3.8) is 0 Å². The van der Waals surface area contributed by atoms with Gasteiger partial charge in [0.05, 0.1) is 9.96 Å². The molecule has 1 aromatic rings. The molecule has 1 unspecified atom stereocenters. The first-order valence-electron chi connectivity index (χ1n) is 4.79. The first-order valence-corrected chi connectivity index (χ1v) is 6.65. The van der Waals surface area contributed by atoms with Crippen molar-refractivity contribution in [1.82, 2.24) is 5.32 Å². The number of aliphatic hydroxyl groups excluding tert-OH is 1. The molecule has 0 spiro atoms. The molecule has 1 atom stereocenters. The second-order valence-corrected chi connectivity index (χ2v) is 5.42. The summed E-state index contributed by atoms with van der Waals surface area (Å²) in [4.78, 5) is 11.4. The Morgan fingerprint density at radius 2 is 2.53 bits per heavy atom. The van der Waals surface area contributed by atoms with E-state index in [4.69, 9.17) is 5.11 Å². The summed E-state index contributed by atoms with van der Waals surface area (Å²) >= 11 is 3.18. The highest BCUT2D eigenvalue weighted by molar-refractivity contribution is 8.01. The van der Waals surface area contributed by atoms with Gasteiger partial charge in [0.2, 0.25) is 5.91 Å². The number of nitrogens with one attached hydrogen (secondary N) is 1. The average Bonchev–Trinajstić information content (AvgIpc) is 2.67. The van der Waals surface area contributed by atoms with Crippen LogP contribution in [0, 0.1) is 0 Å². The van der Waals surface area contributed by atoms with Crippen LogP contribution >= 0.6 is 23.1 Å². The quantitative estimate of drug-likeness (QED) is 0.750. The van der Waals surface area contributed by atoms with Crippen LogP contribution in [0.25, 0.3) is 0 Å². The zero-order valence-corrected chi connectivity index (χ0v) is 10.2. The van der Waals surface area contributed by atoms with Gasteiger partial charge in [0.25, 0.3) is 0 Å². The van der Waals surface area contributed by atoms with Crippen molar-refractivity contribution in [2.45, 2.75) is 23.6 Å². The van der Waals surface area contributed by atoms with Gasteiger partial charge in [0, 0.05) is 12.6 Å². The SMILES string of the molecule is CC(CCO)NC(=O)CSc1cccs1. The number of aliphatic hydroxyl groups is 1. The molecule has 0 aromatic carbocycles. The zero-order valence-electron chi connectivity index (χ0n) is 8.60. The highest BCUT2D eigenvalue weighted by Crippen LogP contribution is 2.22. The topological polar surface area (TPSA) is 49.3 Å². The van der Waals surface area contributed by atoms with E-state index in [9.17, 15) is 4.79 Å². The number of amides is 1. The van der Waals surface area contributed by atoms with Gasteiger partial charge in [-0.05, 0) is 24.8 Å². The Morgan fingerprint density at radius 1 is 1.73 bits per heavy atom. The standard InChI is InChI=1S/C10H15NO2S2/c1-8(4-5-12)11-9(13)7-15-10-3-2-6-14-10/h2-3,6,8,12H,4-5,7H2,1H3,(H,11,13). The number of carbonyl (C=O) groups is 1. The molecule has 1 heterocycles. The van der Waals surface area contributed by atoms with E-state index >= 15 is 0 Å². The van der Waals surface area contributed by atoms with Crippen LogP contribution in [0.1, 0.15) is 13.3 Å². The summed E-state index contributed by atoms with van der Waals surface area (Å²) in [5.41, 5.74) is 0. The minimum absolute atomic E-state index is 0.0225. The molecule has 84 valence electrons. The summed E-state index contributed by atoms with van der Waals surface area (Å²) in [7, 11) is 0. The summed E-state index contributed by atoms with van der Waals surface area (Å²) in [5, 5.41) is 13.5. The fourth-order valence-electron chi connectivity index (χ4n) is 1.06. The molecule has 0 aliphatic heterocycles. The number of hydrogen-bond donors (Lipinski definition) is 2. The number of thioether (sulfide) groups is 1. The van der Waals surface area contributed by atoms with Crippen molar-refractivity contribution in [3.8, 4) is 0 Å². The first-order chi connectivity index (χ1) is 7.22. The van der Waals surface area contributed by atoms with Gasteiger partial charge in [-0.3, -0.25) is 4.79 Å². The van der Waals surface area contributed by atoms with Gasteiger partial charge in [0.1, 0.15) is 0 Å². The van der Waals surface area contributed by atoms with E-state index in [1.54, 1.807) is 11.3 Å². The smallest absolute Gasteiger partial charge is 0.230 e. The molecule has 3 nitrogen and oxygen atoms in total. The van der Waals surface area contributed by atoms with Gasteiger partial charge >= 0.3 is 0 Å². The lowest BCUT2D eigenvalue weighted by atomic mass is 10.2. The van der Waals surface area contributed by atoms with Crippen molar-refractivity contribution in [2.75, 3.05) is 12.4 Å². The summed E-state index contributed by atoms with van der Waals surface area (Å²) < 4.78 is 1.15. The molecule has 0 fully saturated rings. The van der Waals surface area contributed by atoms with Gasteiger partial charge in [0.15, 0.2) is 0 Å². The Hall–Kier alpha value is -0.520. The second-order valence-electron chi connectivity index (χ2n) is 3.20. The van der Waals surface area contributed by atoms with Crippen LogP contribution in [0.2, 0.25) is 0 Å². The van der Waals surface area contributed by atoms with Gasteiger partial charge in [-0.2, -0.15) is 0 Å². The maximum atomic E-state index is 11.4. The number of hydrogen-bond acceptors (Lipinski definition) is 4. The average molecular weight is 245 g/mol. The number of carbonyl (C=O) groups excluding carboxylic acids is 1. The number of rotatable bonds is 6. The molecule has 1 rings (SSSR count). The molecule has 5 heteroatoms. The van der Waals surface area contributed by atoms with Crippen molar-refractivity contribution in [2.24, 2.45) is 0 Å². The summed E-state index contributed by atoms with van der Waals surface area (Å²) in [6, 6.07) is 4.02. The normalized spacial score (nSPS) is 12.4. The number of thiophene rings is 1. The predicted molar refractivity (Wildman–Crippen MR) is 64.4 cm³/mol. The zero-order chi connectivity index (χ0) is 11.1. The Bertz CT molecular complexity index is 288. The maximum Gasteiger partial charge on any atom is 0.230 e. The van der Waals surface area contributed by atoms with E-state index in [0.29, 0.717) is 12.2 Å². The molecule has 0 aliphatic rings. The molecule has 2 N–H and O–H groups in total. The summed E-state index contributed by atoms with van der Waals surface area (Å²) in [6.07, 6.45) is 0.607. The van der Waals surface area contributed by atoms with Gasteiger partial charge in [-0.1, -0.05) is 6.07 Å². The fraction of sp³-hybridized carbons (Fsp3) is 0.500. The van der Waals surface area contributed by atoms with E-state index in [1.807, 2.05) is 24.4 Å². The Morgan fingerprint density at radius 3 is 3.13 bits per heavy atom. The lowest BCUT2D eigenvalue weighted by Crippen LogP contribution is -2.34. The van der Waals surface area contributed by atoms with Gasteiger partial charge in [-0.25, -0.2) is 0 Å². The van der Waals surface area contributed by atoms with Crippen molar-refractivity contribution >= 4 is 29.0 Å². The minimum atomic E-state index is 0.0225. The van der Waals surface area contributed by atoms with Crippen LogP contribution in [-0.4, -0.2) is 29.4 Å². The van der Waals surface area contributed by atoms with Gasteiger partial charge < -0.3 is 10.4 Å². The Labute approximate surface area is 97.9 Å². The van der Waals surface area contributed by atoms with Crippen LogP contribution in [-0.2, 0) is 4.79 Å². The van der Waals surface area contributed by atoms with E-state index in [-0.39, 0.29) is 18.6 Å². The third-order valence-electron chi connectivity index (χ3n) is 1.81.